The van der Waals surface area contributed by atoms with E-state index in [2.05, 4.69) is 10.3 Å². The maximum Gasteiger partial charge on any atom is 0.101 e. The van der Waals surface area contributed by atoms with E-state index in [0.29, 0.717) is 12.2 Å². The van der Waals surface area contributed by atoms with Gasteiger partial charge in [-0.1, -0.05) is 0 Å². The Bertz CT molecular complexity index is 335. The van der Waals surface area contributed by atoms with Gasteiger partial charge in [0.2, 0.25) is 0 Å². The molecule has 1 aliphatic heterocycles. The summed E-state index contributed by atoms with van der Waals surface area (Å²) in [6.45, 7) is 2.26. The molecule has 14 heavy (non-hydrogen) atoms. The van der Waals surface area contributed by atoms with Crippen LogP contribution < -0.4 is 5.32 Å². The first-order valence-electron chi connectivity index (χ1n) is 4.57. The number of pyridine rings is 1. The molecule has 0 amide bonds. The second-order valence-corrected chi connectivity index (χ2v) is 3.17. The molecular formula is C10H11N3O. The van der Waals surface area contributed by atoms with Gasteiger partial charge in [-0.25, -0.2) is 0 Å². The van der Waals surface area contributed by atoms with E-state index in [0.717, 1.165) is 18.8 Å². The minimum atomic E-state index is 0.163. The first-order valence-corrected chi connectivity index (χ1v) is 4.57. The average Bonchev–Trinajstić information content (AvgIpc) is 2.30. The lowest BCUT2D eigenvalue weighted by molar-refractivity contribution is 0.0756. The van der Waals surface area contributed by atoms with Gasteiger partial charge in [-0.15, -0.1) is 0 Å². The van der Waals surface area contributed by atoms with E-state index in [1.165, 1.54) is 0 Å². The summed E-state index contributed by atoms with van der Waals surface area (Å²) < 4.78 is 5.33. The van der Waals surface area contributed by atoms with Gasteiger partial charge in [0.25, 0.3) is 0 Å². The van der Waals surface area contributed by atoms with E-state index in [4.69, 9.17) is 10.00 Å². The molecule has 1 unspecified atom stereocenters. The first kappa shape index (κ1) is 9.13. The van der Waals surface area contributed by atoms with Crippen LogP contribution in [0.5, 0.6) is 0 Å². The van der Waals surface area contributed by atoms with Crippen LogP contribution in [0.4, 0.5) is 0 Å². The molecule has 0 aromatic carbocycles. The van der Waals surface area contributed by atoms with Crippen molar-refractivity contribution < 1.29 is 4.74 Å². The number of morpholine rings is 1. The predicted octanol–water partition coefficient (Wildman–Crippen LogP) is 0.614. The fraction of sp³-hybridized carbons (Fsp3) is 0.400. The van der Waals surface area contributed by atoms with E-state index >= 15 is 0 Å². The molecule has 1 aliphatic rings. The smallest absolute Gasteiger partial charge is 0.101 e. The van der Waals surface area contributed by atoms with Gasteiger partial charge in [0.15, 0.2) is 0 Å². The van der Waals surface area contributed by atoms with Gasteiger partial charge in [-0.3, -0.25) is 4.98 Å². The molecule has 0 aliphatic carbocycles. The highest BCUT2D eigenvalue weighted by molar-refractivity contribution is 5.27. The fourth-order valence-corrected chi connectivity index (χ4v) is 1.43. The number of nitrogens with one attached hydrogen (secondary N) is 1. The topological polar surface area (TPSA) is 57.9 Å². The van der Waals surface area contributed by atoms with Crippen molar-refractivity contribution in [3.05, 3.63) is 29.6 Å². The Morgan fingerprint density at radius 2 is 2.50 bits per heavy atom. The number of aromatic nitrogens is 1. The summed E-state index contributed by atoms with van der Waals surface area (Å²) in [5.41, 5.74) is 1.52. The number of nitrogens with zero attached hydrogens (tertiary/aromatic N) is 2. The van der Waals surface area contributed by atoms with Crippen LogP contribution in [-0.2, 0) is 4.74 Å². The molecule has 1 N–H and O–H groups in total. The second kappa shape index (κ2) is 4.18. The summed E-state index contributed by atoms with van der Waals surface area (Å²) in [6, 6.07) is 5.85. The summed E-state index contributed by atoms with van der Waals surface area (Å²) in [4.78, 5) is 4.21. The number of ether oxygens (including phenoxy) is 1. The first-order chi connectivity index (χ1) is 6.90. The van der Waals surface area contributed by atoms with Crippen LogP contribution in [0.15, 0.2) is 18.3 Å². The Balaban J connectivity index is 2.12. The molecule has 0 saturated carbocycles. The van der Waals surface area contributed by atoms with Crippen molar-refractivity contribution >= 4 is 0 Å². The van der Waals surface area contributed by atoms with Crippen LogP contribution in [0.1, 0.15) is 17.3 Å². The third kappa shape index (κ3) is 1.90. The molecule has 4 nitrogen and oxygen atoms in total. The third-order valence-corrected chi connectivity index (χ3v) is 2.19. The Morgan fingerprint density at radius 3 is 3.07 bits per heavy atom. The monoisotopic (exact) mass is 189 g/mol. The minimum absolute atomic E-state index is 0.163. The second-order valence-electron chi connectivity index (χ2n) is 3.17. The van der Waals surface area contributed by atoms with Crippen LogP contribution in [0, 0.1) is 11.3 Å². The zero-order valence-electron chi connectivity index (χ0n) is 7.73. The summed E-state index contributed by atoms with van der Waals surface area (Å²) in [5.74, 6) is 0. The molecule has 1 aromatic heterocycles. The molecule has 1 atom stereocenters. The van der Waals surface area contributed by atoms with Gasteiger partial charge in [-0.2, -0.15) is 5.26 Å². The van der Waals surface area contributed by atoms with Crippen LogP contribution in [0.2, 0.25) is 0 Å². The number of hydrogen-bond donors (Lipinski definition) is 1. The Labute approximate surface area is 82.5 Å². The lowest BCUT2D eigenvalue weighted by Gasteiger charge is -2.23. The normalized spacial score (nSPS) is 21.5. The Hall–Kier alpha value is -1.44. The standard InChI is InChI=1S/C10H11N3O/c11-5-8-1-2-9(13-6-8)10-7-14-4-3-12-10/h1-2,6,10,12H,3-4,7H2. The third-order valence-electron chi connectivity index (χ3n) is 2.19. The van der Waals surface area contributed by atoms with Crippen LogP contribution in [-0.4, -0.2) is 24.7 Å². The zero-order chi connectivity index (χ0) is 9.80. The molecule has 1 fully saturated rings. The number of nitriles is 1. The van der Waals surface area contributed by atoms with Crippen molar-refractivity contribution in [1.82, 2.24) is 10.3 Å². The molecular weight excluding hydrogens is 178 g/mol. The van der Waals surface area contributed by atoms with E-state index in [9.17, 15) is 0 Å². The molecule has 0 bridgehead atoms. The fourth-order valence-electron chi connectivity index (χ4n) is 1.43. The summed E-state index contributed by atoms with van der Waals surface area (Å²) >= 11 is 0. The molecule has 1 aromatic rings. The van der Waals surface area contributed by atoms with Crippen LogP contribution in [0.3, 0.4) is 0 Å². The highest BCUT2D eigenvalue weighted by Gasteiger charge is 2.15. The molecule has 0 spiro atoms. The van der Waals surface area contributed by atoms with E-state index in [1.54, 1.807) is 12.3 Å². The van der Waals surface area contributed by atoms with Gasteiger partial charge in [0.05, 0.1) is 30.5 Å². The zero-order valence-corrected chi connectivity index (χ0v) is 7.73. The largest absolute Gasteiger partial charge is 0.378 e. The van der Waals surface area contributed by atoms with Gasteiger partial charge < -0.3 is 10.1 Å². The Kier molecular flexibility index (Phi) is 2.73. The van der Waals surface area contributed by atoms with Crippen molar-refractivity contribution in [2.75, 3.05) is 19.8 Å². The van der Waals surface area contributed by atoms with Crippen molar-refractivity contribution in [3.8, 4) is 6.07 Å². The molecule has 1 saturated heterocycles. The molecule has 4 heteroatoms. The lowest BCUT2D eigenvalue weighted by Crippen LogP contribution is -2.35. The molecule has 2 rings (SSSR count). The minimum Gasteiger partial charge on any atom is -0.378 e. The lowest BCUT2D eigenvalue weighted by atomic mass is 10.1. The highest BCUT2D eigenvalue weighted by Crippen LogP contribution is 2.13. The summed E-state index contributed by atoms with van der Waals surface area (Å²) in [6.07, 6.45) is 1.59. The highest BCUT2D eigenvalue weighted by atomic mass is 16.5. The van der Waals surface area contributed by atoms with Gasteiger partial charge in [-0.05, 0) is 12.1 Å². The van der Waals surface area contributed by atoms with Crippen molar-refractivity contribution in [3.63, 3.8) is 0 Å². The van der Waals surface area contributed by atoms with E-state index in [-0.39, 0.29) is 6.04 Å². The van der Waals surface area contributed by atoms with E-state index < -0.39 is 0 Å². The summed E-state index contributed by atoms with van der Waals surface area (Å²) in [5, 5.41) is 11.9. The molecule has 2 heterocycles. The summed E-state index contributed by atoms with van der Waals surface area (Å²) in [7, 11) is 0. The SMILES string of the molecule is N#Cc1ccc(C2COCCN2)nc1. The predicted molar refractivity (Wildman–Crippen MR) is 50.5 cm³/mol. The van der Waals surface area contributed by atoms with Gasteiger partial charge >= 0.3 is 0 Å². The quantitative estimate of drug-likeness (QED) is 0.703. The Morgan fingerprint density at radius 1 is 1.57 bits per heavy atom. The van der Waals surface area contributed by atoms with E-state index in [1.807, 2.05) is 12.1 Å². The maximum absolute atomic E-state index is 8.61. The molecule has 72 valence electrons. The van der Waals surface area contributed by atoms with Crippen molar-refractivity contribution in [2.24, 2.45) is 0 Å². The maximum atomic E-state index is 8.61. The average molecular weight is 189 g/mol. The van der Waals surface area contributed by atoms with Crippen molar-refractivity contribution in [1.29, 1.82) is 5.26 Å². The number of hydrogen-bond acceptors (Lipinski definition) is 4. The van der Waals surface area contributed by atoms with Crippen LogP contribution >= 0.6 is 0 Å². The number of rotatable bonds is 1. The van der Waals surface area contributed by atoms with Crippen LogP contribution in [0.25, 0.3) is 0 Å². The molecule has 0 radical (unpaired) electrons. The van der Waals surface area contributed by atoms with Gasteiger partial charge in [0, 0.05) is 12.7 Å². The van der Waals surface area contributed by atoms with Gasteiger partial charge in [0.1, 0.15) is 6.07 Å². The van der Waals surface area contributed by atoms with Crippen molar-refractivity contribution in [2.45, 2.75) is 6.04 Å².